The summed E-state index contributed by atoms with van der Waals surface area (Å²) in [6.07, 6.45) is -10.9. The smallest absolute Gasteiger partial charge is 0.210 e. The van der Waals surface area contributed by atoms with E-state index < -0.39 is 56.1 Å². The van der Waals surface area contributed by atoms with Crippen LogP contribution < -0.4 is 0 Å². The summed E-state index contributed by atoms with van der Waals surface area (Å²) in [7, 11) is 1.42. The summed E-state index contributed by atoms with van der Waals surface area (Å²) < 4.78 is 15.3. The molecule has 130 valence electrons. The minimum Gasteiger partial charge on any atom is -0.394 e. The highest BCUT2D eigenvalue weighted by molar-refractivity contribution is 4.88. The number of hydroxylamine groups is 2. The van der Waals surface area contributed by atoms with Crippen molar-refractivity contribution in [2.45, 2.75) is 49.5 Å². The summed E-state index contributed by atoms with van der Waals surface area (Å²) in [5, 5.41) is 57.2. The molecule has 2 rings (SSSR count). The summed E-state index contributed by atoms with van der Waals surface area (Å²) in [5.74, 6) is 0. The van der Waals surface area contributed by atoms with Gasteiger partial charge in [0.25, 0.3) is 0 Å². The largest absolute Gasteiger partial charge is 0.394 e. The maximum Gasteiger partial charge on any atom is 0.210 e. The molecular weight excluding hydrogens is 306 g/mol. The SMILES string of the molecule is CN(OC1OC(CO)C(O)C(O)C1O)C1COC(C(O)O)O1. The fraction of sp³-hybridized carbons (Fsp3) is 1.00. The van der Waals surface area contributed by atoms with Crippen molar-refractivity contribution in [3.8, 4) is 0 Å². The Morgan fingerprint density at radius 2 is 1.82 bits per heavy atom. The lowest BCUT2D eigenvalue weighted by Crippen LogP contribution is -2.60. The molecule has 0 radical (unpaired) electrons. The highest BCUT2D eigenvalue weighted by atomic mass is 16.8. The van der Waals surface area contributed by atoms with Gasteiger partial charge in [-0.1, -0.05) is 0 Å². The molecular formula is C11H21NO10. The van der Waals surface area contributed by atoms with E-state index in [0.29, 0.717) is 0 Å². The van der Waals surface area contributed by atoms with Crippen LogP contribution in [-0.2, 0) is 19.0 Å². The van der Waals surface area contributed by atoms with E-state index in [1.54, 1.807) is 0 Å². The highest BCUT2D eigenvalue weighted by Crippen LogP contribution is 2.24. The van der Waals surface area contributed by atoms with Crippen molar-refractivity contribution in [1.29, 1.82) is 0 Å². The lowest BCUT2D eigenvalue weighted by Gasteiger charge is -2.40. The van der Waals surface area contributed by atoms with Gasteiger partial charge in [-0.05, 0) is 0 Å². The second-order valence-corrected chi connectivity index (χ2v) is 5.05. The Kier molecular flexibility index (Phi) is 6.04. The van der Waals surface area contributed by atoms with Crippen molar-refractivity contribution < 1.29 is 49.7 Å². The molecule has 0 amide bonds. The molecule has 0 bridgehead atoms. The van der Waals surface area contributed by atoms with Crippen molar-refractivity contribution in [3.63, 3.8) is 0 Å². The molecule has 2 fully saturated rings. The molecule has 11 nitrogen and oxygen atoms in total. The van der Waals surface area contributed by atoms with Gasteiger partial charge in [-0.25, -0.2) is 0 Å². The van der Waals surface area contributed by atoms with E-state index in [2.05, 4.69) is 0 Å². The van der Waals surface area contributed by atoms with Crippen LogP contribution >= 0.6 is 0 Å². The Balaban J connectivity index is 1.92. The van der Waals surface area contributed by atoms with Crippen molar-refractivity contribution in [2.24, 2.45) is 0 Å². The van der Waals surface area contributed by atoms with Gasteiger partial charge in [0.15, 0.2) is 6.23 Å². The van der Waals surface area contributed by atoms with Gasteiger partial charge in [-0.15, -0.1) is 0 Å². The zero-order valence-electron chi connectivity index (χ0n) is 11.8. The monoisotopic (exact) mass is 327 g/mol. The number of rotatable bonds is 5. The molecule has 0 spiro atoms. The third-order valence-corrected chi connectivity index (χ3v) is 3.46. The van der Waals surface area contributed by atoms with E-state index in [9.17, 15) is 15.3 Å². The average Bonchev–Trinajstić information content (AvgIpc) is 2.98. The Morgan fingerprint density at radius 1 is 1.14 bits per heavy atom. The zero-order chi connectivity index (χ0) is 16.4. The fourth-order valence-electron chi connectivity index (χ4n) is 2.14. The molecule has 7 atom stereocenters. The van der Waals surface area contributed by atoms with Gasteiger partial charge >= 0.3 is 0 Å². The summed E-state index contributed by atoms with van der Waals surface area (Å²) in [6, 6.07) is 0. The van der Waals surface area contributed by atoms with Crippen LogP contribution in [0.25, 0.3) is 0 Å². The Bertz CT molecular complexity index is 356. The normalized spacial score (nSPS) is 43.2. The van der Waals surface area contributed by atoms with E-state index in [1.807, 2.05) is 0 Å². The number of hydrogen-bond donors (Lipinski definition) is 6. The average molecular weight is 327 g/mol. The van der Waals surface area contributed by atoms with Crippen LogP contribution in [0.3, 0.4) is 0 Å². The molecule has 22 heavy (non-hydrogen) atoms. The van der Waals surface area contributed by atoms with Crippen LogP contribution in [0.5, 0.6) is 0 Å². The maximum atomic E-state index is 9.83. The predicted molar refractivity (Wildman–Crippen MR) is 65.5 cm³/mol. The van der Waals surface area contributed by atoms with Crippen LogP contribution in [0.2, 0.25) is 0 Å². The quantitative estimate of drug-likeness (QED) is 0.214. The van der Waals surface area contributed by atoms with Crippen molar-refractivity contribution in [1.82, 2.24) is 5.06 Å². The Labute approximate surface area is 125 Å². The molecule has 2 aliphatic rings. The van der Waals surface area contributed by atoms with Gasteiger partial charge < -0.3 is 44.8 Å². The van der Waals surface area contributed by atoms with Crippen LogP contribution in [0, 0.1) is 0 Å². The topological polar surface area (TPSA) is 162 Å². The van der Waals surface area contributed by atoms with Crippen LogP contribution in [0.1, 0.15) is 0 Å². The number of aliphatic hydroxyl groups is 6. The third kappa shape index (κ3) is 3.72. The van der Waals surface area contributed by atoms with E-state index in [0.717, 1.165) is 5.06 Å². The molecule has 2 heterocycles. The van der Waals surface area contributed by atoms with E-state index >= 15 is 0 Å². The predicted octanol–water partition coefficient (Wildman–Crippen LogP) is -4.34. The van der Waals surface area contributed by atoms with Crippen LogP contribution in [0.4, 0.5) is 0 Å². The first-order valence-corrected chi connectivity index (χ1v) is 6.68. The molecule has 0 aromatic rings. The van der Waals surface area contributed by atoms with Crippen LogP contribution in [-0.4, -0.2) is 105 Å². The number of hydrogen-bond acceptors (Lipinski definition) is 11. The van der Waals surface area contributed by atoms with Gasteiger partial charge in [0.05, 0.1) is 13.2 Å². The first kappa shape index (κ1) is 17.9. The van der Waals surface area contributed by atoms with E-state index in [1.165, 1.54) is 7.05 Å². The molecule has 7 unspecified atom stereocenters. The van der Waals surface area contributed by atoms with Crippen molar-refractivity contribution in [3.05, 3.63) is 0 Å². The lowest BCUT2D eigenvalue weighted by molar-refractivity contribution is -0.379. The standard InChI is InChI=1S/C11H21NO10/c1-12(5-3-19-11(21-5)9(17)18)22-10-8(16)7(15)6(14)4(2-13)20-10/h4-11,13-18H,2-3H2,1H3. The highest BCUT2D eigenvalue weighted by Gasteiger charge is 2.45. The number of ether oxygens (including phenoxy) is 3. The Hall–Kier alpha value is -0.440. The molecule has 2 saturated heterocycles. The molecule has 11 heteroatoms. The van der Waals surface area contributed by atoms with E-state index in [-0.39, 0.29) is 6.61 Å². The Morgan fingerprint density at radius 3 is 2.36 bits per heavy atom. The second kappa shape index (κ2) is 7.42. The number of aliphatic hydroxyl groups excluding tert-OH is 5. The summed E-state index contributed by atoms with van der Waals surface area (Å²) >= 11 is 0. The van der Waals surface area contributed by atoms with Crippen LogP contribution in [0.15, 0.2) is 0 Å². The molecule has 0 aromatic carbocycles. The summed E-state index contributed by atoms with van der Waals surface area (Å²) in [5.41, 5.74) is 0. The van der Waals surface area contributed by atoms with Crippen molar-refractivity contribution >= 4 is 0 Å². The summed E-state index contributed by atoms with van der Waals surface area (Å²) in [4.78, 5) is 5.28. The second-order valence-electron chi connectivity index (χ2n) is 5.05. The first-order valence-electron chi connectivity index (χ1n) is 6.68. The first-order chi connectivity index (χ1) is 10.3. The van der Waals surface area contributed by atoms with Gasteiger partial charge in [-0.2, -0.15) is 5.06 Å². The number of likely N-dealkylation sites (N-methyl/N-ethyl adjacent to an activating group) is 1. The fourth-order valence-corrected chi connectivity index (χ4v) is 2.14. The minimum absolute atomic E-state index is 0.0315. The van der Waals surface area contributed by atoms with E-state index in [4.69, 9.17) is 34.4 Å². The maximum absolute atomic E-state index is 9.83. The molecule has 2 aliphatic heterocycles. The van der Waals surface area contributed by atoms with Gasteiger partial charge in [0.2, 0.25) is 18.9 Å². The summed E-state index contributed by atoms with van der Waals surface area (Å²) in [6.45, 7) is -0.605. The molecule has 0 saturated carbocycles. The lowest BCUT2D eigenvalue weighted by atomic mass is 9.99. The minimum atomic E-state index is -1.81. The van der Waals surface area contributed by atoms with Crippen molar-refractivity contribution in [2.75, 3.05) is 20.3 Å². The molecule has 6 N–H and O–H groups in total. The van der Waals surface area contributed by atoms with Gasteiger partial charge in [-0.3, -0.25) is 4.84 Å². The third-order valence-electron chi connectivity index (χ3n) is 3.46. The zero-order valence-corrected chi connectivity index (χ0v) is 11.8. The van der Waals surface area contributed by atoms with Gasteiger partial charge in [0.1, 0.15) is 24.4 Å². The molecule has 0 aliphatic carbocycles. The van der Waals surface area contributed by atoms with Gasteiger partial charge in [0, 0.05) is 7.05 Å². The molecule has 0 aromatic heterocycles. The number of nitrogens with zero attached hydrogens (tertiary/aromatic N) is 1.